The number of hydrogen-bond acceptors (Lipinski definition) is 7. The Morgan fingerprint density at radius 1 is 1.26 bits per heavy atom. The number of rotatable bonds is 5. The molecule has 3 aromatic rings. The Balaban J connectivity index is 1.44. The first-order chi connectivity index (χ1) is 18.1. The van der Waals surface area contributed by atoms with Crippen molar-refractivity contribution in [1.29, 1.82) is 5.26 Å². The number of thiophene rings is 1. The molecular weight excluding hydrogens is 519 g/mol. The zero-order valence-corrected chi connectivity index (χ0v) is 21.8. The van der Waals surface area contributed by atoms with E-state index >= 15 is 0 Å². The maximum Gasteiger partial charge on any atom is 0.410 e. The van der Waals surface area contributed by atoms with Crippen LogP contribution < -0.4 is 20.1 Å². The third-order valence-corrected chi connectivity index (χ3v) is 8.25. The van der Waals surface area contributed by atoms with E-state index in [9.17, 15) is 23.2 Å². The van der Waals surface area contributed by atoms with Crippen LogP contribution in [0.4, 0.5) is 24.0 Å². The zero-order valence-electron chi connectivity index (χ0n) is 21.0. The second-order valence-electron chi connectivity index (χ2n) is 9.59. The number of aromatic nitrogens is 2. The molecule has 0 radical (unpaired) electrons. The molecule has 0 spiro atoms. The number of nitrogens with one attached hydrogen (secondary N) is 2. The summed E-state index contributed by atoms with van der Waals surface area (Å²) in [5.74, 6) is 0.754. The molecule has 3 heterocycles. The molecule has 12 heteroatoms. The van der Waals surface area contributed by atoms with Crippen molar-refractivity contribution in [2.45, 2.75) is 50.9 Å². The molecule has 0 saturated heterocycles. The van der Waals surface area contributed by atoms with E-state index < -0.39 is 24.2 Å². The van der Waals surface area contributed by atoms with Crippen molar-refractivity contribution in [3.8, 4) is 17.6 Å². The second-order valence-corrected chi connectivity index (χ2v) is 10.7. The summed E-state index contributed by atoms with van der Waals surface area (Å²) in [4.78, 5) is 14.2. The fourth-order valence-electron chi connectivity index (χ4n) is 5.10. The SMILES string of the molecule is COc1ccc([C@@H]2C[C@@H](C(F)(F)F)n3nc(C(=O)Nc4sc5c(c4C#N)CC[C@H](C)C5)cc3N2)cc1OC. The minimum atomic E-state index is -4.59. The molecule has 1 amide bonds. The highest BCUT2D eigenvalue weighted by Crippen LogP contribution is 2.45. The molecule has 3 atom stereocenters. The van der Waals surface area contributed by atoms with Crippen LogP contribution in [0.25, 0.3) is 0 Å². The Kier molecular flexibility index (Phi) is 6.73. The van der Waals surface area contributed by atoms with Gasteiger partial charge in [0.1, 0.15) is 16.9 Å². The van der Waals surface area contributed by atoms with Crippen LogP contribution in [-0.4, -0.2) is 36.1 Å². The highest BCUT2D eigenvalue weighted by molar-refractivity contribution is 7.16. The molecule has 38 heavy (non-hydrogen) atoms. The van der Waals surface area contributed by atoms with Crippen molar-refractivity contribution in [2.75, 3.05) is 24.9 Å². The molecule has 1 aromatic carbocycles. The standard InChI is InChI=1S/C26H26F3N5O3S/c1-13-4-6-15-16(12-30)25(38-21(15)8-13)32-24(35)18-11-23-31-17(10-22(26(27,28)29)34(23)33-18)14-5-7-19(36-2)20(9-14)37-3/h5,7,9,11,13,17,22,31H,4,6,8,10H2,1-3H3,(H,32,35)/t13-,17-,22-/m0/s1. The van der Waals surface area contributed by atoms with Crippen LogP contribution in [0.5, 0.6) is 11.5 Å². The van der Waals surface area contributed by atoms with Crippen molar-refractivity contribution in [3.63, 3.8) is 0 Å². The molecule has 1 aliphatic heterocycles. The van der Waals surface area contributed by atoms with Crippen LogP contribution in [0.15, 0.2) is 24.3 Å². The number of nitrogens with zero attached hydrogens (tertiary/aromatic N) is 3. The van der Waals surface area contributed by atoms with Gasteiger partial charge in [-0.1, -0.05) is 13.0 Å². The number of benzene rings is 1. The predicted molar refractivity (Wildman–Crippen MR) is 136 cm³/mol. The number of fused-ring (bicyclic) bond motifs is 2. The Bertz CT molecular complexity index is 1420. The highest BCUT2D eigenvalue weighted by Gasteiger charge is 2.47. The average molecular weight is 546 g/mol. The molecule has 0 bridgehead atoms. The minimum Gasteiger partial charge on any atom is -0.493 e. The third kappa shape index (κ3) is 4.67. The number of methoxy groups -OCH3 is 2. The quantitative estimate of drug-likeness (QED) is 0.416. The molecule has 1 aliphatic carbocycles. The van der Waals surface area contributed by atoms with Gasteiger partial charge >= 0.3 is 6.18 Å². The molecule has 0 unspecified atom stereocenters. The summed E-state index contributed by atoms with van der Waals surface area (Å²) < 4.78 is 53.7. The molecule has 2 aromatic heterocycles. The first-order valence-corrected chi connectivity index (χ1v) is 12.9. The summed E-state index contributed by atoms with van der Waals surface area (Å²) in [6, 6.07) is 5.78. The topological polar surface area (TPSA) is 101 Å². The second kappa shape index (κ2) is 9.87. The van der Waals surface area contributed by atoms with E-state index in [0.717, 1.165) is 34.4 Å². The average Bonchev–Trinajstić information content (AvgIpc) is 3.47. The van der Waals surface area contributed by atoms with E-state index in [-0.39, 0.29) is 17.9 Å². The zero-order chi connectivity index (χ0) is 27.2. The van der Waals surface area contributed by atoms with Crippen LogP contribution in [0.2, 0.25) is 0 Å². The van der Waals surface area contributed by atoms with Crippen LogP contribution in [0.1, 0.15) is 63.9 Å². The van der Waals surface area contributed by atoms with Gasteiger partial charge in [0.15, 0.2) is 23.2 Å². The Morgan fingerprint density at radius 3 is 2.71 bits per heavy atom. The predicted octanol–water partition coefficient (Wildman–Crippen LogP) is 5.87. The van der Waals surface area contributed by atoms with Crippen LogP contribution in [-0.2, 0) is 12.8 Å². The van der Waals surface area contributed by atoms with Gasteiger partial charge in [0, 0.05) is 17.4 Å². The van der Waals surface area contributed by atoms with E-state index in [1.165, 1.54) is 31.6 Å². The molecule has 2 aliphatic rings. The smallest absolute Gasteiger partial charge is 0.410 e. The van der Waals surface area contributed by atoms with E-state index in [1.54, 1.807) is 18.2 Å². The summed E-state index contributed by atoms with van der Waals surface area (Å²) in [6.45, 7) is 2.14. The number of anilines is 2. The number of hydrogen-bond donors (Lipinski definition) is 2. The molecule has 0 fully saturated rings. The van der Waals surface area contributed by atoms with Gasteiger partial charge in [-0.3, -0.25) is 4.79 Å². The van der Waals surface area contributed by atoms with Gasteiger partial charge in [-0.15, -0.1) is 11.3 Å². The maximum absolute atomic E-state index is 14.1. The molecule has 0 saturated carbocycles. The van der Waals surface area contributed by atoms with Crippen LogP contribution in [0.3, 0.4) is 0 Å². The Hall–Kier alpha value is -3.72. The van der Waals surface area contributed by atoms with Gasteiger partial charge in [0.05, 0.1) is 25.8 Å². The molecule has 200 valence electrons. The van der Waals surface area contributed by atoms with Crippen LogP contribution >= 0.6 is 11.3 Å². The fraction of sp³-hybridized carbons (Fsp3) is 0.423. The minimum absolute atomic E-state index is 0.0725. The lowest BCUT2D eigenvalue weighted by atomic mass is 9.89. The summed E-state index contributed by atoms with van der Waals surface area (Å²) in [5, 5.41) is 20.0. The van der Waals surface area contributed by atoms with Crippen LogP contribution in [0, 0.1) is 17.2 Å². The van der Waals surface area contributed by atoms with Gasteiger partial charge in [-0.25, -0.2) is 4.68 Å². The normalized spacial score (nSPS) is 20.5. The van der Waals surface area contributed by atoms with Crippen molar-refractivity contribution in [2.24, 2.45) is 5.92 Å². The number of ether oxygens (including phenoxy) is 2. The van der Waals surface area contributed by atoms with Gasteiger partial charge in [0.2, 0.25) is 0 Å². The summed E-state index contributed by atoms with van der Waals surface area (Å²) in [6.07, 6.45) is -2.37. The number of alkyl halides is 3. The molecule has 2 N–H and O–H groups in total. The number of carbonyl (C=O) groups is 1. The maximum atomic E-state index is 14.1. The van der Waals surface area contributed by atoms with Crippen molar-refractivity contribution < 1.29 is 27.4 Å². The summed E-state index contributed by atoms with van der Waals surface area (Å²) in [5.41, 5.74) is 1.78. The molecule has 5 rings (SSSR count). The van der Waals surface area contributed by atoms with Gasteiger partial charge < -0.3 is 20.1 Å². The highest BCUT2D eigenvalue weighted by atomic mass is 32.1. The number of halogens is 3. The van der Waals surface area contributed by atoms with E-state index in [0.29, 0.717) is 33.5 Å². The lowest BCUT2D eigenvalue weighted by Gasteiger charge is -2.33. The number of nitriles is 1. The first kappa shape index (κ1) is 25.9. The fourth-order valence-corrected chi connectivity index (χ4v) is 6.45. The number of carbonyl (C=O) groups excluding carboxylic acids is 1. The monoisotopic (exact) mass is 545 g/mol. The van der Waals surface area contributed by atoms with Gasteiger partial charge in [0.25, 0.3) is 5.91 Å². The number of amides is 1. The van der Waals surface area contributed by atoms with E-state index in [4.69, 9.17) is 9.47 Å². The largest absolute Gasteiger partial charge is 0.493 e. The van der Waals surface area contributed by atoms with Crippen molar-refractivity contribution in [1.82, 2.24) is 9.78 Å². The third-order valence-electron chi connectivity index (χ3n) is 7.08. The first-order valence-electron chi connectivity index (χ1n) is 12.1. The van der Waals surface area contributed by atoms with Crippen molar-refractivity contribution in [3.05, 3.63) is 51.5 Å². The Labute approximate surface area is 221 Å². The molecular formula is C26H26F3N5O3S. The van der Waals surface area contributed by atoms with Gasteiger partial charge in [-0.05, 0) is 48.4 Å². The molecule has 8 nitrogen and oxygen atoms in total. The van der Waals surface area contributed by atoms with E-state index in [2.05, 4.69) is 28.7 Å². The van der Waals surface area contributed by atoms with Gasteiger partial charge in [-0.2, -0.15) is 23.5 Å². The lowest BCUT2D eigenvalue weighted by molar-refractivity contribution is -0.173. The lowest BCUT2D eigenvalue weighted by Crippen LogP contribution is -2.35. The summed E-state index contributed by atoms with van der Waals surface area (Å²) in [7, 11) is 2.93. The Morgan fingerprint density at radius 2 is 2.03 bits per heavy atom. The van der Waals surface area contributed by atoms with E-state index in [1.807, 2.05) is 0 Å². The van der Waals surface area contributed by atoms with Crippen molar-refractivity contribution >= 4 is 28.1 Å². The summed E-state index contributed by atoms with van der Waals surface area (Å²) >= 11 is 1.35.